The van der Waals surface area contributed by atoms with Crippen molar-refractivity contribution in [1.29, 1.82) is 0 Å². The van der Waals surface area contributed by atoms with E-state index in [9.17, 15) is 4.79 Å². The van der Waals surface area contributed by atoms with Crippen LogP contribution in [0.15, 0.2) is 16.6 Å². The molecule has 0 aromatic carbocycles. The predicted molar refractivity (Wildman–Crippen MR) is 68.6 cm³/mol. The number of halogens is 1. The number of nitrogens with one attached hydrogen (secondary N) is 2. The highest BCUT2D eigenvalue weighted by molar-refractivity contribution is 9.10. The zero-order valence-electron chi connectivity index (χ0n) is 9.89. The number of amides is 2. The third-order valence-electron chi connectivity index (χ3n) is 1.75. The molecule has 0 radical (unpaired) electrons. The van der Waals surface area contributed by atoms with Crippen LogP contribution < -0.4 is 10.6 Å². The molecule has 1 aromatic heterocycles. The van der Waals surface area contributed by atoms with Crippen LogP contribution in [0.1, 0.15) is 26.5 Å². The molecule has 0 saturated carbocycles. The van der Waals surface area contributed by atoms with Gasteiger partial charge < -0.3 is 5.32 Å². The number of hydrogen-bond donors (Lipinski definition) is 2. The van der Waals surface area contributed by atoms with Crippen LogP contribution in [0.3, 0.4) is 0 Å². The Kier molecular flexibility index (Phi) is 3.91. The third kappa shape index (κ3) is 4.18. The number of anilines is 1. The highest BCUT2D eigenvalue weighted by Crippen LogP contribution is 2.16. The van der Waals surface area contributed by atoms with Crippen LogP contribution in [0, 0.1) is 6.92 Å². The Balaban J connectivity index is 2.67. The van der Waals surface area contributed by atoms with Crippen molar-refractivity contribution in [3.8, 4) is 0 Å². The topological polar surface area (TPSA) is 54.0 Å². The Bertz CT molecular complexity index is 399. The third-order valence-corrected chi connectivity index (χ3v) is 2.59. The summed E-state index contributed by atoms with van der Waals surface area (Å²) in [6.07, 6.45) is 0. The average molecular weight is 286 g/mol. The van der Waals surface area contributed by atoms with Crippen LogP contribution in [0.5, 0.6) is 0 Å². The zero-order valence-corrected chi connectivity index (χ0v) is 11.5. The average Bonchev–Trinajstić information content (AvgIpc) is 2.08. The van der Waals surface area contributed by atoms with Gasteiger partial charge in [0.1, 0.15) is 5.82 Å². The van der Waals surface area contributed by atoms with Crippen molar-refractivity contribution < 1.29 is 4.79 Å². The van der Waals surface area contributed by atoms with Crippen LogP contribution >= 0.6 is 15.9 Å². The molecule has 0 aliphatic heterocycles. The van der Waals surface area contributed by atoms with E-state index in [1.54, 1.807) is 6.07 Å². The van der Waals surface area contributed by atoms with Gasteiger partial charge in [-0.05, 0) is 55.8 Å². The lowest BCUT2D eigenvalue weighted by atomic mass is 10.1. The molecule has 0 atom stereocenters. The second-order valence-electron chi connectivity index (χ2n) is 4.59. The second-order valence-corrected chi connectivity index (χ2v) is 5.45. The number of hydrogen-bond acceptors (Lipinski definition) is 2. The second kappa shape index (κ2) is 4.82. The lowest BCUT2D eigenvalue weighted by Gasteiger charge is -2.20. The van der Waals surface area contributed by atoms with E-state index in [0.29, 0.717) is 5.82 Å². The number of carbonyl (C=O) groups excluding carboxylic acids is 1. The minimum absolute atomic E-state index is 0.248. The molecule has 0 aliphatic rings. The maximum atomic E-state index is 11.6. The van der Waals surface area contributed by atoms with Gasteiger partial charge in [-0.15, -0.1) is 0 Å². The van der Waals surface area contributed by atoms with Gasteiger partial charge in [0.25, 0.3) is 0 Å². The van der Waals surface area contributed by atoms with Crippen molar-refractivity contribution in [1.82, 2.24) is 10.3 Å². The summed E-state index contributed by atoms with van der Waals surface area (Å²) >= 11 is 3.35. The minimum atomic E-state index is -0.255. The van der Waals surface area contributed by atoms with E-state index in [4.69, 9.17) is 0 Å². The highest BCUT2D eigenvalue weighted by Gasteiger charge is 2.13. The molecule has 1 aromatic rings. The summed E-state index contributed by atoms with van der Waals surface area (Å²) in [5.74, 6) is 0.544. The van der Waals surface area contributed by atoms with Gasteiger partial charge in [-0.2, -0.15) is 0 Å². The molecule has 5 heteroatoms. The quantitative estimate of drug-likeness (QED) is 0.833. The largest absolute Gasteiger partial charge is 0.333 e. The summed E-state index contributed by atoms with van der Waals surface area (Å²) in [4.78, 5) is 15.8. The standard InChI is InChI=1S/C11H16BrN3O/c1-7-8(12)5-6-9(13-7)14-10(16)15-11(2,3)4/h5-6H,1-4H3,(H2,13,14,15,16). The van der Waals surface area contributed by atoms with Gasteiger partial charge in [-0.1, -0.05) is 0 Å². The molecule has 0 bridgehead atoms. The molecule has 88 valence electrons. The Morgan fingerprint density at radius 2 is 2.00 bits per heavy atom. The van der Waals surface area contributed by atoms with Gasteiger partial charge >= 0.3 is 6.03 Å². The lowest BCUT2D eigenvalue weighted by molar-refractivity contribution is 0.243. The van der Waals surface area contributed by atoms with E-state index < -0.39 is 0 Å². The molecule has 0 aliphatic carbocycles. The molecular weight excluding hydrogens is 270 g/mol. The van der Waals surface area contributed by atoms with Crippen LogP contribution in [0.25, 0.3) is 0 Å². The Hall–Kier alpha value is -1.10. The Morgan fingerprint density at radius 3 is 2.50 bits per heavy atom. The number of pyridine rings is 1. The molecule has 1 heterocycles. The van der Waals surface area contributed by atoms with Crippen LogP contribution in [0.4, 0.5) is 10.6 Å². The SMILES string of the molecule is Cc1nc(NC(=O)NC(C)(C)C)ccc1Br. The molecule has 0 fully saturated rings. The molecule has 1 rings (SSSR count). The molecule has 0 unspecified atom stereocenters. The molecular formula is C11H16BrN3O. The monoisotopic (exact) mass is 285 g/mol. The maximum Gasteiger partial charge on any atom is 0.320 e. The summed E-state index contributed by atoms with van der Waals surface area (Å²) in [6.45, 7) is 7.64. The summed E-state index contributed by atoms with van der Waals surface area (Å²) < 4.78 is 0.925. The van der Waals surface area contributed by atoms with E-state index in [1.807, 2.05) is 33.8 Å². The van der Waals surface area contributed by atoms with Crippen LogP contribution in [0.2, 0.25) is 0 Å². The van der Waals surface area contributed by atoms with Crippen molar-refractivity contribution in [2.24, 2.45) is 0 Å². The first kappa shape index (κ1) is 13.0. The zero-order chi connectivity index (χ0) is 12.3. The maximum absolute atomic E-state index is 11.6. The van der Waals surface area contributed by atoms with E-state index >= 15 is 0 Å². The molecule has 4 nitrogen and oxygen atoms in total. The van der Waals surface area contributed by atoms with Gasteiger partial charge in [-0.3, -0.25) is 5.32 Å². The first-order chi connectivity index (χ1) is 7.28. The fourth-order valence-electron chi connectivity index (χ4n) is 1.10. The van der Waals surface area contributed by atoms with Gasteiger partial charge in [-0.25, -0.2) is 9.78 Å². The van der Waals surface area contributed by atoms with Crippen molar-refractivity contribution in [3.05, 3.63) is 22.3 Å². The fourth-order valence-corrected chi connectivity index (χ4v) is 1.32. The predicted octanol–water partition coefficient (Wildman–Crippen LogP) is 3.07. The molecule has 2 N–H and O–H groups in total. The van der Waals surface area contributed by atoms with Crippen molar-refractivity contribution in [3.63, 3.8) is 0 Å². The Morgan fingerprint density at radius 1 is 1.38 bits per heavy atom. The fraction of sp³-hybridized carbons (Fsp3) is 0.455. The van der Waals surface area contributed by atoms with Crippen molar-refractivity contribution >= 4 is 27.8 Å². The number of carbonyl (C=O) groups is 1. The summed E-state index contributed by atoms with van der Waals surface area (Å²) in [5.41, 5.74) is 0.586. The molecule has 0 saturated heterocycles. The van der Waals surface area contributed by atoms with E-state index in [-0.39, 0.29) is 11.6 Å². The van der Waals surface area contributed by atoms with Gasteiger partial charge in [0.05, 0.1) is 5.69 Å². The van der Waals surface area contributed by atoms with Gasteiger partial charge in [0, 0.05) is 10.0 Å². The molecule has 2 amide bonds. The van der Waals surface area contributed by atoms with Crippen LogP contribution in [-0.4, -0.2) is 16.6 Å². The van der Waals surface area contributed by atoms with Gasteiger partial charge in [0.2, 0.25) is 0 Å². The summed E-state index contributed by atoms with van der Waals surface area (Å²) in [6, 6.07) is 3.36. The van der Waals surface area contributed by atoms with Crippen molar-refractivity contribution in [2.75, 3.05) is 5.32 Å². The number of nitrogens with zero attached hydrogens (tertiary/aromatic N) is 1. The minimum Gasteiger partial charge on any atom is -0.333 e. The number of urea groups is 1. The number of aromatic nitrogens is 1. The lowest BCUT2D eigenvalue weighted by Crippen LogP contribution is -2.43. The smallest absolute Gasteiger partial charge is 0.320 e. The summed E-state index contributed by atoms with van der Waals surface area (Å²) in [7, 11) is 0. The number of rotatable bonds is 1. The van der Waals surface area contributed by atoms with E-state index in [1.165, 1.54) is 0 Å². The Labute approximate surface area is 104 Å². The first-order valence-corrected chi connectivity index (χ1v) is 5.79. The summed E-state index contributed by atoms with van der Waals surface area (Å²) in [5, 5.41) is 5.48. The highest BCUT2D eigenvalue weighted by atomic mass is 79.9. The molecule has 16 heavy (non-hydrogen) atoms. The van der Waals surface area contributed by atoms with E-state index in [0.717, 1.165) is 10.2 Å². The van der Waals surface area contributed by atoms with Gasteiger partial charge in [0.15, 0.2) is 0 Å². The normalized spacial score (nSPS) is 11.1. The van der Waals surface area contributed by atoms with Crippen LogP contribution in [-0.2, 0) is 0 Å². The number of aryl methyl sites for hydroxylation is 1. The molecule has 0 spiro atoms. The first-order valence-electron chi connectivity index (χ1n) is 5.00. The van der Waals surface area contributed by atoms with Crippen molar-refractivity contribution in [2.45, 2.75) is 33.2 Å². The van der Waals surface area contributed by atoms with E-state index in [2.05, 4.69) is 31.5 Å².